The maximum absolute atomic E-state index is 5.78. The van der Waals surface area contributed by atoms with E-state index in [0.717, 1.165) is 36.9 Å². The molecule has 104 valence electrons. The van der Waals surface area contributed by atoms with Crippen molar-refractivity contribution >= 4 is 0 Å². The summed E-state index contributed by atoms with van der Waals surface area (Å²) in [5.74, 6) is 2.99. The first-order valence-corrected chi connectivity index (χ1v) is 6.54. The van der Waals surface area contributed by atoms with E-state index < -0.39 is 0 Å². The van der Waals surface area contributed by atoms with Crippen LogP contribution in [0.3, 0.4) is 0 Å². The van der Waals surface area contributed by atoms with Crippen molar-refractivity contribution in [3.05, 3.63) is 46.8 Å². The predicted octanol–water partition coefficient (Wildman–Crippen LogP) is 2.84. The molecule has 0 radical (unpaired) electrons. The van der Waals surface area contributed by atoms with Gasteiger partial charge in [0, 0.05) is 24.2 Å². The fourth-order valence-electron chi connectivity index (χ4n) is 2.22. The maximum Gasteiger partial charge on any atom is 0.118 e. The molecule has 2 aromatic heterocycles. The molecule has 0 aliphatic carbocycles. The molecule has 0 atom stereocenters. The van der Waals surface area contributed by atoms with Crippen molar-refractivity contribution in [3.8, 4) is 0 Å². The van der Waals surface area contributed by atoms with E-state index in [4.69, 9.17) is 8.83 Å². The second kappa shape index (κ2) is 6.08. The lowest BCUT2D eigenvalue weighted by atomic mass is 10.2. The summed E-state index contributed by atoms with van der Waals surface area (Å²) in [5.41, 5.74) is 2.45. The summed E-state index contributed by atoms with van der Waals surface area (Å²) in [6, 6.07) is 4.15. The van der Waals surface area contributed by atoms with Gasteiger partial charge in [0.1, 0.15) is 17.3 Å². The number of furan rings is 2. The van der Waals surface area contributed by atoms with Crippen molar-refractivity contribution in [3.63, 3.8) is 0 Å². The summed E-state index contributed by atoms with van der Waals surface area (Å²) in [6.07, 6.45) is 1.74. The number of hydrogen-bond donors (Lipinski definition) is 1. The Morgan fingerprint density at radius 1 is 1.16 bits per heavy atom. The third-order valence-corrected chi connectivity index (χ3v) is 3.27. The second-order valence-corrected chi connectivity index (χ2v) is 5.00. The molecule has 2 aromatic rings. The van der Waals surface area contributed by atoms with Gasteiger partial charge in [-0.3, -0.25) is 4.90 Å². The largest absolute Gasteiger partial charge is 0.469 e. The molecule has 19 heavy (non-hydrogen) atoms. The van der Waals surface area contributed by atoms with Crippen LogP contribution in [0, 0.1) is 13.8 Å². The van der Waals surface area contributed by atoms with Gasteiger partial charge in [-0.05, 0) is 40.1 Å². The summed E-state index contributed by atoms with van der Waals surface area (Å²) in [6.45, 7) is 6.51. The molecule has 0 spiro atoms. The highest BCUT2D eigenvalue weighted by atomic mass is 16.3. The van der Waals surface area contributed by atoms with Crippen molar-refractivity contribution in [2.45, 2.75) is 33.5 Å². The molecule has 0 amide bonds. The first-order chi connectivity index (χ1) is 9.10. The molecule has 0 fully saturated rings. The van der Waals surface area contributed by atoms with Gasteiger partial charge in [0.25, 0.3) is 0 Å². The summed E-state index contributed by atoms with van der Waals surface area (Å²) in [5, 5.41) is 3.15. The summed E-state index contributed by atoms with van der Waals surface area (Å²) in [4.78, 5) is 2.22. The van der Waals surface area contributed by atoms with Crippen LogP contribution in [0.1, 0.15) is 28.4 Å². The first kappa shape index (κ1) is 13.9. The third kappa shape index (κ3) is 3.49. The average Bonchev–Trinajstić information content (AvgIpc) is 2.88. The lowest BCUT2D eigenvalue weighted by Gasteiger charge is -2.14. The minimum atomic E-state index is 0.801. The fraction of sp³-hybridized carbons (Fsp3) is 0.467. The Hall–Kier alpha value is -1.52. The standard InChI is InChI=1S/C15H22N2O2/c1-11-13(5-6-18-11)9-17(4)10-15-7-14(8-16-3)12(2)19-15/h5-7,16H,8-10H2,1-4H3. The molecule has 0 bridgehead atoms. The Labute approximate surface area is 114 Å². The minimum Gasteiger partial charge on any atom is -0.469 e. The van der Waals surface area contributed by atoms with Crippen molar-refractivity contribution < 1.29 is 8.83 Å². The maximum atomic E-state index is 5.78. The first-order valence-electron chi connectivity index (χ1n) is 6.54. The number of nitrogens with one attached hydrogen (secondary N) is 1. The quantitative estimate of drug-likeness (QED) is 0.869. The highest BCUT2D eigenvalue weighted by molar-refractivity contribution is 5.21. The van der Waals surface area contributed by atoms with Crippen molar-refractivity contribution in [1.29, 1.82) is 0 Å². The van der Waals surface area contributed by atoms with Crippen LogP contribution in [0.15, 0.2) is 27.2 Å². The van der Waals surface area contributed by atoms with Crippen LogP contribution >= 0.6 is 0 Å². The van der Waals surface area contributed by atoms with Crippen LogP contribution in [-0.2, 0) is 19.6 Å². The van der Waals surface area contributed by atoms with Gasteiger partial charge in [-0.2, -0.15) is 0 Å². The number of nitrogens with zero attached hydrogens (tertiary/aromatic N) is 1. The Kier molecular flexibility index (Phi) is 4.45. The summed E-state index contributed by atoms with van der Waals surface area (Å²) >= 11 is 0. The van der Waals surface area contributed by atoms with Crippen LogP contribution in [-0.4, -0.2) is 19.0 Å². The van der Waals surface area contributed by atoms with E-state index >= 15 is 0 Å². The summed E-state index contributed by atoms with van der Waals surface area (Å²) in [7, 11) is 4.03. The number of hydrogen-bond acceptors (Lipinski definition) is 4. The molecule has 0 saturated heterocycles. The van der Waals surface area contributed by atoms with Gasteiger partial charge in [0.15, 0.2) is 0 Å². The molecular formula is C15H22N2O2. The van der Waals surface area contributed by atoms with Crippen molar-refractivity contribution in [1.82, 2.24) is 10.2 Å². The van der Waals surface area contributed by atoms with E-state index in [1.54, 1.807) is 6.26 Å². The van der Waals surface area contributed by atoms with Crippen LogP contribution in [0.2, 0.25) is 0 Å². The lowest BCUT2D eigenvalue weighted by molar-refractivity contribution is 0.283. The Morgan fingerprint density at radius 3 is 2.58 bits per heavy atom. The molecule has 2 rings (SSSR count). The predicted molar refractivity (Wildman–Crippen MR) is 74.8 cm³/mol. The van der Waals surface area contributed by atoms with Crippen molar-refractivity contribution in [2.75, 3.05) is 14.1 Å². The average molecular weight is 262 g/mol. The van der Waals surface area contributed by atoms with Gasteiger partial charge in [0.05, 0.1) is 12.8 Å². The smallest absolute Gasteiger partial charge is 0.118 e. The second-order valence-electron chi connectivity index (χ2n) is 5.00. The molecule has 4 heteroatoms. The molecule has 0 aliphatic heterocycles. The van der Waals surface area contributed by atoms with Crippen LogP contribution in [0.25, 0.3) is 0 Å². The number of aryl methyl sites for hydroxylation is 2. The summed E-state index contributed by atoms with van der Waals surface area (Å²) < 4.78 is 11.1. The number of rotatable bonds is 6. The van der Waals surface area contributed by atoms with E-state index in [-0.39, 0.29) is 0 Å². The fourth-order valence-corrected chi connectivity index (χ4v) is 2.22. The van der Waals surface area contributed by atoms with E-state index in [1.165, 1.54) is 11.1 Å². The molecule has 0 aliphatic rings. The highest BCUT2D eigenvalue weighted by Crippen LogP contribution is 2.17. The van der Waals surface area contributed by atoms with Crippen molar-refractivity contribution in [2.24, 2.45) is 0 Å². The van der Waals surface area contributed by atoms with Crippen LogP contribution in [0.4, 0.5) is 0 Å². The van der Waals surface area contributed by atoms with E-state index in [2.05, 4.69) is 23.3 Å². The third-order valence-electron chi connectivity index (χ3n) is 3.27. The topological polar surface area (TPSA) is 41.5 Å². The zero-order valence-corrected chi connectivity index (χ0v) is 12.1. The highest BCUT2D eigenvalue weighted by Gasteiger charge is 2.11. The van der Waals surface area contributed by atoms with Gasteiger partial charge in [-0.1, -0.05) is 0 Å². The Morgan fingerprint density at radius 2 is 1.95 bits per heavy atom. The SMILES string of the molecule is CNCc1cc(CN(C)Cc2ccoc2C)oc1C. The molecular weight excluding hydrogens is 240 g/mol. The Balaban J connectivity index is 1.97. The Bertz CT molecular complexity index is 528. The zero-order valence-electron chi connectivity index (χ0n) is 12.1. The zero-order chi connectivity index (χ0) is 13.8. The molecule has 0 aromatic carbocycles. The van der Waals surface area contributed by atoms with Gasteiger partial charge in [-0.15, -0.1) is 0 Å². The monoisotopic (exact) mass is 262 g/mol. The molecule has 2 heterocycles. The van der Waals surface area contributed by atoms with E-state index in [1.807, 2.05) is 27.0 Å². The van der Waals surface area contributed by atoms with Gasteiger partial charge >= 0.3 is 0 Å². The van der Waals surface area contributed by atoms with Gasteiger partial charge in [0.2, 0.25) is 0 Å². The van der Waals surface area contributed by atoms with Gasteiger partial charge in [-0.25, -0.2) is 0 Å². The molecule has 0 saturated carbocycles. The van der Waals surface area contributed by atoms with E-state index in [9.17, 15) is 0 Å². The minimum absolute atomic E-state index is 0.801. The van der Waals surface area contributed by atoms with Crippen LogP contribution < -0.4 is 5.32 Å². The molecule has 1 N–H and O–H groups in total. The molecule has 4 nitrogen and oxygen atoms in total. The van der Waals surface area contributed by atoms with Gasteiger partial charge < -0.3 is 14.2 Å². The molecule has 0 unspecified atom stereocenters. The van der Waals surface area contributed by atoms with E-state index in [0.29, 0.717) is 0 Å². The van der Waals surface area contributed by atoms with Crippen LogP contribution in [0.5, 0.6) is 0 Å². The lowest BCUT2D eigenvalue weighted by Crippen LogP contribution is -2.17. The normalized spacial score (nSPS) is 11.4.